The molecule has 0 atom stereocenters. The summed E-state index contributed by atoms with van der Waals surface area (Å²) in [6.45, 7) is 5.10. The van der Waals surface area contributed by atoms with Crippen LogP contribution in [-0.2, 0) is 4.79 Å². The zero-order valence-electron chi connectivity index (χ0n) is 11.3. The summed E-state index contributed by atoms with van der Waals surface area (Å²) in [4.78, 5) is 12.9. The van der Waals surface area contributed by atoms with Crippen LogP contribution in [0.15, 0.2) is 29.2 Å². The van der Waals surface area contributed by atoms with Gasteiger partial charge in [-0.25, -0.2) is 0 Å². The van der Waals surface area contributed by atoms with Gasteiger partial charge < -0.3 is 10.6 Å². The summed E-state index contributed by atoms with van der Waals surface area (Å²) >= 11 is 1.64. The molecule has 0 saturated heterocycles. The number of carbonyl (C=O) groups is 1. The molecule has 2 N–H and O–H groups in total. The van der Waals surface area contributed by atoms with Gasteiger partial charge in [0.15, 0.2) is 0 Å². The molecule has 1 rings (SSSR count). The van der Waals surface area contributed by atoms with Crippen LogP contribution in [0.5, 0.6) is 0 Å². The Hall–Kier alpha value is -1.00. The molecule has 1 aromatic rings. The van der Waals surface area contributed by atoms with Crippen LogP contribution >= 0.6 is 11.8 Å². The van der Waals surface area contributed by atoms with Crippen LogP contribution in [0, 0.1) is 0 Å². The van der Waals surface area contributed by atoms with E-state index < -0.39 is 0 Å². The highest BCUT2D eigenvalue weighted by molar-refractivity contribution is 7.98. The first-order chi connectivity index (χ1) is 8.63. The topological polar surface area (TPSA) is 41.1 Å². The van der Waals surface area contributed by atoms with Crippen LogP contribution in [-0.4, -0.2) is 24.7 Å². The fraction of sp³-hybridized carbons (Fsp3) is 0.500. The molecule has 0 radical (unpaired) electrons. The standard InChI is InChI=1S/C14H22N2OS/c1-11(2)15-10-6-9-14(17)16-12-7-4-5-8-13(12)18-3/h4-5,7-8,11,15H,6,9-10H2,1-3H3,(H,16,17). The van der Waals surface area contributed by atoms with Gasteiger partial charge in [0.1, 0.15) is 0 Å². The highest BCUT2D eigenvalue weighted by Gasteiger charge is 2.05. The number of amides is 1. The third kappa shape index (κ3) is 5.56. The van der Waals surface area contributed by atoms with Gasteiger partial charge in [-0.1, -0.05) is 26.0 Å². The molecule has 0 unspecified atom stereocenters. The Labute approximate surface area is 114 Å². The summed E-state index contributed by atoms with van der Waals surface area (Å²) < 4.78 is 0. The van der Waals surface area contributed by atoms with Crippen molar-refractivity contribution in [1.29, 1.82) is 0 Å². The van der Waals surface area contributed by atoms with Crippen LogP contribution in [0.3, 0.4) is 0 Å². The molecule has 0 aliphatic rings. The molecule has 0 saturated carbocycles. The third-order valence-electron chi connectivity index (χ3n) is 2.51. The van der Waals surface area contributed by atoms with Crippen molar-refractivity contribution in [2.24, 2.45) is 0 Å². The van der Waals surface area contributed by atoms with Crippen molar-refractivity contribution in [1.82, 2.24) is 5.32 Å². The van der Waals surface area contributed by atoms with E-state index in [1.165, 1.54) is 0 Å². The molecule has 3 nitrogen and oxygen atoms in total. The third-order valence-corrected chi connectivity index (χ3v) is 3.31. The second-order valence-corrected chi connectivity index (χ2v) is 5.31. The number of carbonyl (C=O) groups excluding carboxylic acids is 1. The summed E-state index contributed by atoms with van der Waals surface area (Å²) in [6, 6.07) is 8.35. The normalized spacial score (nSPS) is 10.7. The Morgan fingerprint density at radius 3 is 2.72 bits per heavy atom. The minimum atomic E-state index is 0.0852. The highest BCUT2D eigenvalue weighted by atomic mass is 32.2. The molecule has 100 valence electrons. The van der Waals surface area contributed by atoms with E-state index >= 15 is 0 Å². The van der Waals surface area contributed by atoms with Crippen LogP contribution in [0.1, 0.15) is 26.7 Å². The van der Waals surface area contributed by atoms with E-state index in [-0.39, 0.29) is 5.91 Å². The predicted octanol–water partition coefficient (Wildman–Crippen LogP) is 3.13. The number of thioether (sulfide) groups is 1. The smallest absolute Gasteiger partial charge is 0.224 e. The maximum Gasteiger partial charge on any atom is 0.224 e. The number of benzene rings is 1. The number of hydrogen-bond donors (Lipinski definition) is 2. The minimum absolute atomic E-state index is 0.0852. The second-order valence-electron chi connectivity index (χ2n) is 4.46. The van der Waals surface area contributed by atoms with Gasteiger partial charge in [0, 0.05) is 17.4 Å². The monoisotopic (exact) mass is 266 g/mol. The van der Waals surface area contributed by atoms with Crippen molar-refractivity contribution in [3.05, 3.63) is 24.3 Å². The zero-order valence-corrected chi connectivity index (χ0v) is 12.1. The maximum atomic E-state index is 11.8. The molecule has 0 heterocycles. The zero-order chi connectivity index (χ0) is 13.4. The maximum absolute atomic E-state index is 11.8. The van der Waals surface area contributed by atoms with E-state index in [0.717, 1.165) is 23.5 Å². The Morgan fingerprint density at radius 1 is 1.33 bits per heavy atom. The van der Waals surface area contributed by atoms with Gasteiger partial charge in [0.2, 0.25) is 5.91 Å². The van der Waals surface area contributed by atoms with Crippen molar-refractivity contribution in [3.8, 4) is 0 Å². The van der Waals surface area contributed by atoms with Gasteiger partial charge in [-0.15, -0.1) is 11.8 Å². The molecule has 0 spiro atoms. The average Bonchev–Trinajstić information content (AvgIpc) is 2.35. The summed E-state index contributed by atoms with van der Waals surface area (Å²) in [5.74, 6) is 0.0852. The van der Waals surface area contributed by atoms with E-state index in [2.05, 4.69) is 24.5 Å². The molecule has 0 aromatic heterocycles. The number of nitrogens with one attached hydrogen (secondary N) is 2. The minimum Gasteiger partial charge on any atom is -0.325 e. The Bertz CT molecular complexity index is 380. The number of hydrogen-bond acceptors (Lipinski definition) is 3. The molecule has 0 aliphatic heterocycles. The van der Waals surface area contributed by atoms with E-state index in [1.54, 1.807) is 11.8 Å². The first kappa shape index (κ1) is 15.1. The molecule has 0 bridgehead atoms. The molecular formula is C14H22N2OS. The van der Waals surface area contributed by atoms with E-state index in [1.807, 2.05) is 30.5 Å². The summed E-state index contributed by atoms with van der Waals surface area (Å²) in [6.07, 6.45) is 3.44. The highest BCUT2D eigenvalue weighted by Crippen LogP contribution is 2.24. The largest absolute Gasteiger partial charge is 0.325 e. The fourth-order valence-electron chi connectivity index (χ4n) is 1.60. The second kappa shape index (κ2) is 8.16. The molecule has 0 fully saturated rings. The van der Waals surface area contributed by atoms with Crippen molar-refractivity contribution >= 4 is 23.4 Å². The van der Waals surface area contributed by atoms with Crippen molar-refractivity contribution in [2.75, 3.05) is 18.1 Å². The van der Waals surface area contributed by atoms with E-state index in [9.17, 15) is 4.79 Å². The van der Waals surface area contributed by atoms with Gasteiger partial charge in [-0.3, -0.25) is 4.79 Å². The number of para-hydroxylation sites is 1. The van der Waals surface area contributed by atoms with Crippen molar-refractivity contribution in [2.45, 2.75) is 37.6 Å². The van der Waals surface area contributed by atoms with Crippen molar-refractivity contribution < 1.29 is 4.79 Å². The first-order valence-corrected chi connectivity index (χ1v) is 7.52. The molecule has 4 heteroatoms. The Balaban J connectivity index is 2.35. The van der Waals surface area contributed by atoms with Gasteiger partial charge in [0.25, 0.3) is 0 Å². The summed E-state index contributed by atoms with van der Waals surface area (Å²) in [5.41, 5.74) is 0.909. The molecule has 18 heavy (non-hydrogen) atoms. The Morgan fingerprint density at radius 2 is 2.06 bits per heavy atom. The lowest BCUT2D eigenvalue weighted by Crippen LogP contribution is -2.24. The first-order valence-electron chi connectivity index (χ1n) is 6.29. The molecule has 0 aliphatic carbocycles. The summed E-state index contributed by atoms with van der Waals surface area (Å²) in [7, 11) is 0. The lowest BCUT2D eigenvalue weighted by atomic mass is 10.2. The van der Waals surface area contributed by atoms with Gasteiger partial charge in [-0.05, 0) is 31.4 Å². The molecular weight excluding hydrogens is 244 g/mol. The van der Waals surface area contributed by atoms with Gasteiger partial charge >= 0.3 is 0 Å². The lowest BCUT2D eigenvalue weighted by Gasteiger charge is -2.10. The fourth-order valence-corrected chi connectivity index (χ4v) is 2.15. The average molecular weight is 266 g/mol. The van der Waals surface area contributed by atoms with Gasteiger partial charge in [-0.2, -0.15) is 0 Å². The molecule has 1 amide bonds. The SMILES string of the molecule is CSc1ccccc1NC(=O)CCCNC(C)C. The van der Waals surface area contributed by atoms with Crippen LogP contribution in [0.25, 0.3) is 0 Å². The van der Waals surface area contributed by atoms with Crippen LogP contribution in [0.2, 0.25) is 0 Å². The summed E-state index contributed by atoms with van der Waals surface area (Å²) in [5, 5.41) is 6.27. The molecule has 1 aromatic carbocycles. The van der Waals surface area contributed by atoms with Crippen LogP contribution < -0.4 is 10.6 Å². The van der Waals surface area contributed by atoms with Crippen LogP contribution in [0.4, 0.5) is 5.69 Å². The lowest BCUT2D eigenvalue weighted by molar-refractivity contribution is -0.116. The van der Waals surface area contributed by atoms with E-state index in [4.69, 9.17) is 0 Å². The predicted molar refractivity (Wildman–Crippen MR) is 79.2 cm³/mol. The van der Waals surface area contributed by atoms with Crippen molar-refractivity contribution in [3.63, 3.8) is 0 Å². The number of anilines is 1. The van der Waals surface area contributed by atoms with E-state index in [0.29, 0.717) is 12.5 Å². The number of rotatable bonds is 7. The van der Waals surface area contributed by atoms with Gasteiger partial charge in [0.05, 0.1) is 5.69 Å². The Kier molecular flexibility index (Phi) is 6.83. The quantitative estimate of drug-likeness (QED) is 0.588.